The van der Waals surface area contributed by atoms with E-state index in [0.29, 0.717) is 23.2 Å². The number of methoxy groups -OCH3 is 1. The maximum absolute atomic E-state index is 13.2. The number of hydrogen-bond acceptors (Lipinski definition) is 5. The standard InChI is InChI=1S/C13H15FN2O2S/c1-8(13-15-9(2)16-18-13)19-7-10-6-11(14)4-5-12(10)17-3/h4-6,8H,7H2,1-3H3. The Morgan fingerprint density at radius 3 is 2.89 bits per heavy atom. The molecule has 1 aromatic carbocycles. The van der Waals surface area contributed by atoms with Gasteiger partial charge in [-0.15, -0.1) is 11.8 Å². The molecule has 1 atom stereocenters. The number of ether oxygens (including phenoxy) is 1. The van der Waals surface area contributed by atoms with Crippen molar-refractivity contribution in [2.24, 2.45) is 0 Å². The van der Waals surface area contributed by atoms with Gasteiger partial charge in [0.2, 0.25) is 5.89 Å². The number of nitrogens with zero attached hydrogens (tertiary/aromatic N) is 2. The highest BCUT2D eigenvalue weighted by molar-refractivity contribution is 7.98. The van der Waals surface area contributed by atoms with Crippen molar-refractivity contribution < 1.29 is 13.7 Å². The topological polar surface area (TPSA) is 48.2 Å². The Balaban J connectivity index is 2.04. The van der Waals surface area contributed by atoms with Crippen LogP contribution in [0.1, 0.15) is 29.5 Å². The van der Waals surface area contributed by atoms with Crippen molar-refractivity contribution in [2.75, 3.05) is 7.11 Å². The number of rotatable bonds is 5. The Bertz CT molecular complexity index is 559. The van der Waals surface area contributed by atoms with Crippen LogP contribution >= 0.6 is 11.8 Å². The lowest BCUT2D eigenvalue weighted by atomic mass is 10.2. The summed E-state index contributed by atoms with van der Waals surface area (Å²) in [6.45, 7) is 3.75. The fraction of sp³-hybridized carbons (Fsp3) is 0.385. The molecule has 0 saturated heterocycles. The van der Waals surface area contributed by atoms with Crippen LogP contribution in [0, 0.1) is 12.7 Å². The van der Waals surface area contributed by atoms with E-state index in [1.165, 1.54) is 12.1 Å². The Labute approximate surface area is 115 Å². The molecule has 0 saturated carbocycles. The van der Waals surface area contributed by atoms with Crippen LogP contribution in [0.4, 0.5) is 4.39 Å². The van der Waals surface area contributed by atoms with E-state index in [-0.39, 0.29) is 11.1 Å². The quantitative estimate of drug-likeness (QED) is 0.839. The van der Waals surface area contributed by atoms with Gasteiger partial charge >= 0.3 is 0 Å². The molecule has 2 aromatic rings. The number of benzene rings is 1. The highest BCUT2D eigenvalue weighted by Gasteiger charge is 2.15. The van der Waals surface area contributed by atoms with E-state index in [4.69, 9.17) is 9.26 Å². The molecule has 0 bridgehead atoms. The van der Waals surface area contributed by atoms with Crippen LogP contribution in [-0.4, -0.2) is 17.3 Å². The number of aromatic nitrogens is 2. The molecule has 0 aliphatic carbocycles. The molecule has 1 aromatic heterocycles. The summed E-state index contributed by atoms with van der Waals surface area (Å²) in [5, 5.41) is 3.81. The number of aryl methyl sites for hydroxylation is 1. The van der Waals surface area contributed by atoms with E-state index in [1.54, 1.807) is 31.9 Å². The highest BCUT2D eigenvalue weighted by atomic mass is 32.2. The van der Waals surface area contributed by atoms with E-state index in [0.717, 1.165) is 5.56 Å². The Morgan fingerprint density at radius 2 is 2.26 bits per heavy atom. The average molecular weight is 282 g/mol. The second-order valence-corrected chi connectivity index (χ2v) is 5.42. The molecule has 102 valence electrons. The maximum Gasteiger partial charge on any atom is 0.239 e. The first-order chi connectivity index (χ1) is 9.10. The van der Waals surface area contributed by atoms with Crippen molar-refractivity contribution >= 4 is 11.8 Å². The van der Waals surface area contributed by atoms with Gasteiger partial charge in [0.1, 0.15) is 11.6 Å². The lowest BCUT2D eigenvalue weighted by molar-refractivity contribution is 0.376. The Morgan fingerprint density at radius 1 is 1.47 bits per heavy atom. The maximum atomic E-state index is 13.2. The molecule has 4 nitrogen and oxygen atoms in total. The van der Waals surface area contributed by atoms with Gasteiger partial charge in [-0.3, -0.25) is 0 Å². The molecule has 6 heteroatoms. The second-order valence-electron chi connectivity index (χ2n) is 4.09. The van der Waals surface area contributed by atoms with Gasteiger partial charge in [0.15, 0.2) is 5.82 Å². The van der Waals surface area contributed by atoms with Gasteiger partial charge in [-0.1, -0.05) is 5.16 Å². The molecule has 0 radical (unpaired) electrons. The van der Waals surface area contributed by atoms with E-state index >= 15 is 0 Å². The molecule has 1 unspecified atom stereocenters. The monoisotopic (exact) mass is 282 g/mol. The molecule has 0 fully saturated rings. The van der Waals surface area contributed by atoms with E-state index < -0.39 is 0 Å². The lowest BCUT2D eigenvalue weighted by Gasteiger charge is -2.10. The molecular weight excluding hydrogens is 267 g/mol. The summed E-state index contributed by atoms with van der Waals surface area (Å²) in [5.74, 6) is 2.23. The van der Waals surface area contributed by atoms with Crippen LogP contribution in [0.25, 0.3) is 0 Å². The minimum atomic E-state index is -0.266. The van der Waals surface area contributed by atoms with Crippen LogP contribution < -0.4 is 4.74 Å². The molecule has 1 heterocycles. The van der Waals surface area contributed by atoms with Gasteiger partial charge < -0.3 is 9.26 Å². The minimum absolute atomic E-state index is 0.0502. The summed E-state index contributed by atoms with van der Waals surface area (Å²) in [4.78, 5) is 4.18. The smallest absolute Gasteiger partial charge is 0.239 e. The summed E-state index contributed by atoms with van der Waals surface area (Å²) in [6, 6.07) is 4.50. The van der Waals surface area contributed by atoms with Gasteiger partial charge in [-0.05, 0) is 32.0 Å². The van der Waals surface area contributed by atoms with Crippen molar-refractivity contribution in [3.05, 3.63) is 41.3 Å². The van der Waals surface area contributed by atoms with Crippen LogP contribution in [0.2, 0.25) is 0 Å². The van der Waals surface area contributed by atoms with Crippen molar-refractivity contribution in [1.29, 1.82) is 0 Å². The summed E-state index contributed by atoms with van der Waals surface area (Å²) in [5.41, 5.74) is 0.815. The first kappa shape index (κ1) is 13.9. The normalized spacial score (nSPS) is 12.4. The van der Waals surface area contributed by atoms with Crippen LogP contribution in [0.15, 0.2) is 22.7 Å². The molecule has 2 rings (SSSR count). The van der Waals surface area contributed by atoms with E-state index in [9.17, 15) is 4.39 Å². The van der Waals surface area contributed by atoms with Gasteiger partial charge in [-0.2, -0.15) is 4.98 Å². The second kappa shape index (κ2) is 6.06. The van der Waals surface area contributed by atoms with E-state index in [1.807, 2.05) is 6.92 Å². The minimum Gasteiger partial charge on any atom is -0.496 e. The predicted octanol–water partition coefficient (Wildman–Crippen LogP) is 3.52. The Kier molecular flexibility index (Phi) is 4.42. The zero-order valence-electron chi connectivity index (χ0n) is 11.0. The number of thioether (sulfide) groups is 1. The lowest BCUT2D eigenvalue weighted by Crippen LogP contribution is -1.94. The van der Waals surface area contributed by atoms with Gasteiger partial charge in [-0.25, -0.2) is 4.39 Å². The Hall–Kier alpha value is -1.56. The summed E-state index contributed by atoms with van der Waals surface area (Å²) in [6.07, 6.45) is 0. The zero-order valence-corrected chi connectivity index (χ0v) is 11.8. The summed E-state index contributed by atoms with van der Waals surface area (Å²) >= 11 is 1.59. The summed E-state index contributed by atoms with van der Waals surface area (Å²) in [7, 11) is 1.58. The van der Waals surface area contributed by atoms with Gasteiger partial charge in [0.25, 0.3) is 0 Å². The van der Waals surface area contributed by atoms with Crippen molar-refractivity contribution in [1.82, 2.24) is 10.1 Å². The fourth-order valence-electron chi connectivity index (χ4n) is 1.62. The van der Waals surface area contributed by atoms with Crippen LogP contribution in [-0.2, 0) is 5.75 Å². The third-order valence-corrected chi connectivity index (χ3v) is 3.80. The number of halogens is 1. The van der Waals surface area contributed by atoms with Crippen molar-refractivity contribution in [2.45, 2.75) is 24.9 Å². The predicted molar refractivity (Wildman–Crippen MR) is 71.7 cm³/mol. The average Bonchev–Trinajstić information content (AvgIpc) is 2.83. The highest BCUT2D eigenvalue weighted by Crippen LogP contribution is 2.32. The molecular formula is C13H15FN2O2S. The fourth-order valence-corrected chi connectivity index (χ4v) is 2.52. The molecule has 0 aliphatic rings. The molecule has 0 amide bonds. The zero-order chi connectivity index (χ0) is 13.8. The van der Waals surface area contributed by atoms with Crippen LogP contribution in [0.5, 0.6) is 5.75 Å². The summed E-state index contributed by atoms with van der Waals surface area (Å²) < 4.78 is 23.5. The molecule has 0 spiro atoms. The third-order valence-electron chi connectivity index (χ3n) is 2.62. The van der Waals surface area contributed by atoms with E-state index in [2.05, 4.69) is 10.1 Å². The largest absolute Gasteiger partial charge is 0.496 e. The van der Waals surface area contributed by atoms with Gasteiger partial charge in [0.05, 0.1) is 12.4 Å². The molecule has 19 heavy (non-hydrogen) atoms. The number of hydrogen-bond donors (Lipinski definition) is 0. The third kappa shape index (κ3) is 3.47. The SMILES string of the molecule is COc1ccc(F)cc1CSC(C)c1nc(C)no1. The molecule has 0 N–H and O–H groups in total. The van der Waals surface area contributed by atoms with Crippen LogP contribution in [0.3, 0.4) is 0 Å². The first-order valence-electron chi connectivity index (χ1n) is 5.84. The molecule has 0 aliphatic heterocycles. The van der Waals surface area contributed by atoms with Crippen molar-refractivity contribution in [3.63, 3.8) is 0 Å². The first-order valence-corrected chi connectivity index (χ1v) is 6.89. The van der Waals surface area contributed by atoms with Crippen molar-refractivity contribution in [3.8, 4) is 5.75 Å². The van der Waals surface area contributed by atoms with Gasteiger partial charge in [0, 0.05) is 11.3 Å².